The SMILES string of the molecule is NC(CCO)c1cccc2cc(Cl)ccc12. The normalized spacial score (nSPS) is 12.9. The van der Waals surface area contributed by atoms with Gasteiger partial charge in [-0.1, -0.05) is 35.9 Å². The molecule has 0 bridgehead atoms. The molecule has 0 aliphatic rings. The lowest BCUT2D eigenvalue weighted by Crippen LogP contribution is -2.12. The summed E-state index contributed by atoms with van der Waals surface area (Å²) in [6.07, 6.45) is 0.571. The first-order valence-electron chi connectivity index (χ1n) is 5.27. The highest BCUT2D eigenvalue weighted by Crippen LogP contribution is 2.26. The van der Waals surface area contributed by atoms with E-state index >= 15 is 0 Å². The molecule has 0 spiro atoms. The Morgan fingerprint density at radius 1 is 1.25 bits per heavy atom. The van der Waals surface area contributed by atoms with E-state index in [0.717, 1.165) is 21.4 Å². The Kier molecular flexibility index (Phi) is 3.44. The summed E-state index contributed by atoms with van der Waals surface area (Å²) in [6, 6.07) is 11.6. The van der Waals surface area contributed by atoms with Gasteiger partial charge in [0.2, 0.25) is 0 Å². The van der Waals surface area contributed by atoms with Gasteiger partial charge in [-0.2, -0.15) is 0 Å². The highest BCUT2D eigenvalue weighted by molar-refractivity contribution is 6.31. The summed E-state index contributed by atoms with van der Waals surface area (Å²) >= 11 is 5.94. The Bertz CT molecular complexity index is 498. The summed E-state index contributed by atoms with van der Waals surface area (Å²) in [7, 11) is 0. The summed E-state index contributed by atoms with van der Waals surface area (Å²) in [5.41, 5.74) is 7.08. The van der Waals surface area contributed by atoms with E-state index in [0.29, 0.717) is 6.42 Å². The van der Waals surface area contributed by atoms with Crippen molar-refractivity contribution in [1.29, 1.82) is 0 Å². The molecule has 0 amide bonds. The third-order valence-electron chi connectivity index (χ3n) is 2.72. The number of hydrogen-bond donors (Lipinski definition) is 2. The van der Waals surface area contributed by atoms with Gasteiger partial charge in [-0.25, -0.2) is 0 Å². The van der Waals surface area contributed by atoms with Crippen LogP contribution in [0.1, 0.15) is 18.0 Å². The molecule has 0 aromatic heterocycles. The van der Waals surface area contributed by atoms with Crippen LogP contribution >= 0.6 is 11.6 Å². The zero-order valence-electron chi connectivity index (χ0n) is 8.86. The van der Waals surface area contributed by atoms with E-state index in [1.165, 1.54) is 0 Å². The van der Waals surface area contributed by atoms with E-state index in [1.54, 1.807) is 0 Å². The molecule has 0 aliphatic heterocycles. The minimum atomic E-state index is -0.130. The number of hydrogen-bond acceptors (Lipinski definition) is 2. The number of aliphatic hydroxyl groups is 1. The molecular weight excluding hydrogens is 222 g/mol. The predicted molar refractivity (Wildman–Crippen MR) is 67.6 cm³/mol. The average Bonchev–Trinajstić information content (AvgIpc) is 2.28. The van der Waals surface area contributed by atoms with Gasteiger partial charge in [0, 0.05) is 17.7 Å². The lowest BCUT2D eigenvalue weighted by molar-refractivity contribution is 0.277. The van der Waals surface area contributed by atoms with Gasteiger partial charge in [-0.3, -0.25) is 0 Å². The van der Waals surface area contributed by atoms with Crippen LogP contribution in [0.25, 0.3) is 10.8 Å². The maximum absolute atomic E-state index is 8.91. The molecule has 16 heavy (non-hydrogen) atoms. The molecule has 0 saturated carbocycles. The molecule has 0 aliphatic carbocycles. The zero-order valence-corrected chi connectivity index (χ0v) is 9.61. The van der Waals surface area contributed by atoms with Crippen molar-refractivity contribution >= 4 is 22.4 Å². The van der Waals surface area contributed by atoms with E-state index in [9.17, 15) is 0 Å². The van der Waals surface area contributed by atoms with Gasteiger partial charge < -0.3 is 10.8 Å². The van der Waals surface area contributed by atoms with Gasteiger partial charge in [-0.05, 0) is 34.9 Å². The van der Waals surface area contributed by atoms with Crippen LogP contribution in [-0.4, -0.2) is 11.7 Å². The fraction of sp³-hybridized carbons (Fsp3) is 0.231. The van der Waals surface area contributed by atoms with Crippen molar-refractivity contribution in [3.63, 3.8) is 0 Å². The van der Waals surface area contributed by atoms with Crippen LogP contribution in [0.4, 0.5) is 0 Å². The van der Waals surface area contributed by atoms with E-state index in [4.69, 9.17) is 22.4 Å². The molecule has 3 heteroatoms. The van der Waals surface area contributed by atoms with Crippen LogP contribution < -0.4 is 5.73 Å². The summed E-state index contributed by atoms with van der Waals surface area (Å²) < 4.78 is 0. The van der Waals surface area contributed by atoms with Crippen LogP contribution in [-0.2, 0) is 0 Å². The molecule has 2 aromatic carbocycles. The molecular formula is C13H14ClNO. The number of aliphatic hydroxyl groups excluding tert-OH is 1. The zero-order chi connectivity index (χ0) is 11.5. The fourth-order valence-corrected chi connectivity index (χ4v) is 2.08. The smallest absolute Gasteiger partial charge is 0.0449 e. The van der Waals surface area contributed by atoms with Gasteiger partial charge >= 0.3 is 0 Å². The number of benzene rings is 2. The Morgan fingerprint density at radius 2 is 2.06 bits per heavy atom. The van der Waals surface area contributed by atoms with Crippen LogP contribution in [0.3, 0.4) is 0 Å². The second kappa shape index (κ2) is 4.83. The first-order valence-corrected chi connectivity index (χ1v) is 5.65. The van der Waals surface area contributed by atoms with E-state index in [-0.39, 0.29) is 12.6 Å². The second-order valence-electron chi connectivity index (χ2n) is 3.83. The molecule has 0 heterocycles. The summed E-state index contributed by atoms with van der Waals surface area (Å²) in [5, 5.41) is 11.8. The third kappa shape index (κ3) is 2.19. The van der Waals surface area contributed by atoms with Crippen LogP contribution in [0.15, 0.2) is 36.4 Å². The predicted octanol–water partition coefficient (Wildman–Crippen LogP) is 2.88. The number of fused-ring (bicyclic) bond motifs is 1. The van der Waals surface area contributed by atoms with Crippen LogP contribution in [0.5, 0.6) is 0 Å². The molecule has 0 saturated heterocycles. The Hall–Kier alpha value is -1.09. The minimum absolute atomic E-state index is 0.102. The van der Waals surface area contributed by atoms with Gasteiger partial charge in [-0.15, -0.1) is 0 Å². The van der Waals surface area contributed by atoms with Crippen molar-refractivity contribution < 1.29 is 5.11 Å². The molecule has 0 radical (unpaired) electrons. The fourth-order valence-electron chi connectivity index (χ4n) is 1.90. The molecule has 84 valence electrons. The van der Waals surface area contributed by atoms with Gasteiger partial charge in [0.15, 0.2) is 0 Å². The van der Waals surface area contributed by atoms with Crippen LogP contribution in [0.2, 0.25) is 5.02 Å². The number of halogens is 1. The molecule has 2 aromatic rings. The van der Waals surface area contributed by atoms with Crippen molar-refractivity contribution in [2.75, 3.05) is 6.61 Å². The Balaban J connectivity index is 2.53. The molecule has 3 N–H and O–H groups in total. The molecule has 0 fully saturated rings. The first-order chi connectivity index (χ1) is 7.72. The molecule has 2 nitrogen and oxygen atoms in total. The summed E-state index contributed by atoms with van der Waals surface area (Å²) in [4.78, 5) is 0. The first kappa shape index (κ1) is 11.4. The van der Waals surface area contributed by atoms with E-state index < -0.39 is 0 Å². The maximum atomic E-state index is 8.91. The Morgan fingerprint density at radius 3 is 2.81 bits per heavy atom. The molecule has 2 rings (SSSR count). The van der Waals surface area contributed by atoms with Gasteiger partial charge in [0.05, 0.1) is 0 Å². The lowest BCUT2D eigenvalue weighted by atomic mass is 9.98. The van der Waals surface area contributed by atoms with Crippen molar-refractivity contribution in [3.05, 3.63) is 47.0 Å². The standard InChI is InChI=1S/C13H14ClNO/c14-10-4-5-11-9(8-10)2-1-3-12(11)13(15)6-7-16/h1-5,8,13,16H,6-7,15H2. The lowest BCUT2D eigenvalue weighted by Gasteiger charge is -2.13. The quantitative estimate of drug-likeness (QED) is 0.860. The topological polar surface area (TPSA) is 46.2 Å². The highest BCUT2D eigenvalue weighted by Gasteiger charge is 2.09. The van der Waals surface area contributed by atoms with E-state index in [2.05, 4.69) is 0 Å². The number of rotatable bonds is 3. The second-order valence-corrected chi connectivity index (χ2v) is 4.27. The van der Waals surface area contributed by atoms with Gasteiger partial charge in [0.1, 0.15) is 0 Å². The van der Waals surface area contributed by atoms with Crippen LogP contribution in [0, 0.1) is 0 Å². The monoisotopic (exact) mass is 235 g/mol. The molecule has 1 unspecified atom stereocenters. The van der Waals surface area contributed by atoms with Gasteiger partial charge in [0.25, 0.3) is 0 Å². The van der Waals surface area contributed by atoms with Crippen molar-refractivity contribution in [2.45, 2.75) is 12.5 Å². The highest BCUT2D eigenvalue weighted by atomic mass is 35.5. The largest absolute Gasteiger partial charge is 0.396 e. The van der Waals surface area contributed by atoms with Crippen molar-refractivity contribution in [2.24, 2.45) is 5.73 Å². The van der Waals surface area contributed by atoms with Crippen molar-refractivity contribution in [3.8, 4) is 0 Å². The summed E-state index contributed by atoms with van der Waals surface area (Å²) in [5.74, 6) is 0. The number of nitrogens with two attached hydrogens (primary N) is 1. The summed E-state index contributed by atoms with van der Waals surface area (Å²) in [6.45, 7) is 0.102. The average molecular weight is 236 g/mol. The Labute approximate surface area is 99.6 Å². The maximum Gasteiger partial charge on any atom is 0.0449 e. The minimum Gasteiger partial charge on any atom is -0.396 e. The van der Waals surface area contributed by atoms with E-state index in [1.807, 2.05) is 36.4 Å². The van der Waals surface area contributed by atoms with Crippen molar-refractivity contribution in [1.82, 2.24) is 0 Å². The third-order valence-corrected chi connectivity index (χ3v) is 2.95. The molecule has 1 atom stereocenters.